The first kappa shape index (κ1) is 18.1. The fourth-order valence-corrected chi connectivity index (χ4v) is 4.57. The minimum Gasteiger partial charge on any atom is -0.354 e. The number of benzene rings is 1. The standard InChI is InChI=1S/C22H23N3OS/c23-13-17-12-16-6-4-5-9-19(16)25-21(17)27-14-20(26)24-15-22(10-11-22)18-7-2-1-3-8-18/h1-3,7-8,12H,4-6,9-11,14-15H2,(H,24,26). The molecule has 1 heterocycles. The number of fused-ring (bicyclic) bond motifs is 1. The van der Waals surface area contributed by atoms with Gasteiger partial charge in [0.15, 0.2) is 0 Å². The normalized spacial score (nSPS) is 16.9. The zero-order valence-electron chi connectivity index (χ0n) is 15.3. The smallest absolute Gasteiger partial charge is 0.230 e. The van der Waals surface area contributed by atoms with E-state index in [9.17, 15) is 10.1 Å². The van der Waals surface area contributed by atoms with Crippen molar-refractivity contribution in [3.8, 4) is 6.07 Å². The molecule has 138 valence electrons. The highest BCUT2D eigenvalue weighted by Gasteiger charge is 2.44. The Morgan fingerprint density at radius 1 is 1.22 bits per heavy atom. The predicted molar refractivity (Wildman–Crippen MR) is 107 cm³/mol. The lowest BCUT2D eigenvalue weighted by atomic mass is 9.95. The van der Waals surface area contributed by atoms with Crippen molar-refractivity contribution < 1.29 is 4.79 Å². The molecule has 0 radical (unpaired) electrons. The molecule has 27 heavy (non-hydrogen) atoms. The molecule has 2 aliphatic carbocycles. The Hall–Kier alpha value is -2.32. The van der Waals surface area contributed by atoms with E-state index in [-0.39, 0.29) is 11.3 Å². The molecule has 1 fully saturated rings. The maximum absolute atomic E-state index is 12.4. The van der Waals surface area contributed by atoms with Crippen LogP contribution in [0.1, 0.15) is 48.1 Å². The van der Waals surface area contributed by atoms with Gasteiger partial charge >= 0.3 is 0 Å². The van der Waals surface area contributed by atoms with Gasteiger partial charge in [0.25, 0.3) is 0 Å². The first-order valence-corrected chi connectivity index (χ1v) is 10.6. The van der Waals surface area contributed by atoms with E-state index >= 15 is 0 Å². The monoisotopic (exact) mass is 377 g/mol. The summed E-state index contributed by atoms with van der Waals surface area (Å²) in [5, 5.41) is 13.2. The summed E-state index contributed by atoms with van der Waals surface area (Å²) in [7, 11) is 0. The topological polar surface area (TPSA) is 65.8 Å². The molecule has 4 nitrogen and oxygen atoms in total. The summed E-state index contributed by atoms with van der Waals surface area (Å²) in [6.45, 7) is 0.680. The Labute approximate surface area is 164 Å². The van der Waals surface area contributed by atoms with Crippen LogP contribution in [0.4, 0.5) is 0 Å². The van der Waals surface area contributed by atoms with Crippen LogP contribution in [0.15, 0.2) is 41.4 Å². The van der Waals surface area contributed by atoms with E-state index in [0.29, 0.717) is 22.9 Å². The number of hydrogen-bond donors (Lipinski definition) is 1. The molecule has 1 aromatic heterocycles. The molecule has 0 spiro atoms. The molecule has 1 amide bonds. The summed E-state index contributed by atoms with van der Waals surface area (Å²) in [5.74, 6) is 0.302. The molecule has 2 aromatic rings. The number of rotatable bonds is 6. The van der Waals surface area contributed by atoms with Crippen LogP contribution in [0, 0.1) is 11.3 Å². The lowest BCUT2D eigenvalue weighted by molar-refractivity contribution is -0.118. The van der Waals surface area contributed by atoms with Crippen molar-refractivity contribution in [3.05, 3.63) is 58.8 Å². The molecule has 4 rings (SSSR count). The van der Waals surface area contributed by atoms with E-state index in [0.717, 1.165) is 44.2 Å². The van der Waals surface area contributed by atoms with E-state index in [1.807, 2.05) is 12.1 Å². The second kappa shape index (κ2) is 7.74. The van der Waals surface area contributed by atoms with Crippen molar-refractivity contribution in [2.75, 3.05) is 12.3 Å². The predicted octanol–water partition coefficient (Wildman–Crippen LogP) is 3.77. The average molecular weight is 378 g/mol. The minimum atomic E-state index is 0.00520. The molecule has 1 saturated carbocycles. The van der Waals surface area contributed by atoms with Crippen molar-refractivity contribution in [2.24, 2.45) is 0 Å². The van der Waals surface area contributed by atoms with Gasteiger partial charge in [0.05, 0.1) is 11.3 Å². The Kier molecular flexibility index (Phi) is 5.18. The van der Waals surface area contributed by atoms with Crippen LogP contribution in [0.2, 0.25) is 0 Å². The van der Waals surface area contributed by atoms with Crippen LogP contribution in [-0.4, -0.2) is 23.2 Å². The Morgan fingerprint density at radius 2 is 2.00 bits per heavy atom. The first-order chi connectivity index (χ1) is 13.2. The summed E-state index contributed by atoms with van der Waals surface area (Å²) < 4.78 is 0. The van der Waals surface area contributed by atoms with Crippen LogP contribution < -0.4 is 5.32 Å². The second-order valence-corrected chi connectivity index (χ2v) is 8.44. The lowest BCUT2D eigenvalue weighted by Crippen LogP contribution is -2.33. The van der Waals surface area contributed by atoms with Crippen molar-refractivity contribution in [1.29, 1.82) is 5.26 Å². The molecule has 5 heteroatoms. The number of hydrogen-bond acceptors (Lipinski definition) is 4. The molecule has 0 atom stereocenters. The Bertz CT molecular complexity index is 884. The summed E-state index contributed by atoms with van der Waals surface area (Å²) in [5.41, 5.74) is 4.32. The zero-order valence-corrected chi connectivity index (χ0v) is 16.1. The third kappa shape index (κ3) is 4.01. The average Bonchev–Trinajstić information content (AvgIpc) is 3.52. The Morgan fingerprint density at radius 3 is 2.74 bits per heavy atom. The number of nitrogens with one attached hydrogen (secondary N) is 1. The number of aromatic nitrogens is 1. The van der Waals surface area contributed by atoms with E-state index in [2.05, 4.69) is 40.6 Å². The molecular formula is C22H23N3OS. The number of nitriles is 1. The fraction of sp³-hybridized carbons (Fsp3) is 0.409. The molecule has 2 aliphatic rings. The molecule has 1 aromatic carbocycles. The molecule has 0 unspecified atom stereocenters. The van der Waals surface area contributed by atoms with Crippen molar-refractivity contribution >= 4 is 17.7 Å². The van der Waals surface area contributed by atoms with Gasteiger partial charge in [0.1, 0.15) is 11.1 Å². The molecule has 0 aliphatic heterocycles. The van der Waals surface area contributed by atoms with E-state index in [1.165, 1.54) is 22.9 Å². The van der Waals surface area contributed by atoms with Gasteiger partial charge in [-0.1, -0.05) is 42.1 Å². The second-order valence-electron chi connectivity index (χ2n) is 7.48. The third-order valence-electron chi connectivity index (χ3n) is 5.59. The van der Waals surface area contributed by atoms with Crippen LogP contribution in [-0.2, 0) is 23.1 Å². The van der Waals surface area contributed by atoms with Gasteiger partial charge < -0.3 is 5.32 Å². The SMILES string of the molecule is N#Cc1cc2c(nc1SCC(=O)NCC1(c3ccccc3)CC1)CCCC2. The number of pyridine rings is 1. The summed E-state index contributed by atoms with van der Waals surface area (Å²) in [4.78, 5) is 17.1. The number of amides is 1. The Balaban J connectivity index is 1.35. The lowest BCUT2D eigenvalue weighted by Gasteiger charge is -2.17. The van der Waals surface area contributed by atoms with Gasteiger partial charge in [0.2, 0.25) is 5.91 Å². The fourth-order valence-electron chi connectivity index (χ4n) is 3.77. The van der Waals surface area contributed by atoms with E-state index < -0.39 is 0 Å². The van der Waals surface area contributed by atoms with Gasteiger partial charge in [-0.15, -0.1) is 0 Å². The molecular weight excluding hydrogens is 354 g/mol. The van der Waals surface area contributed by atoms with Gasteiger partial charge in [-0.25, -0.2) is 4.98 Å². The van der Waals surface area contributed by atoms with Gasteiger partial charge in [-0.05, 0) is 55.7 Å². The van der Waals surface area contributed by atoms with Gasteiger partial charge in [0, 0.05) is 17.7 Å². The van der Waals surface area contributed by atoms with E-state index in [1.54, 1.807) is 0 Å². The van der Waals surface area contributed by atoms with Crippen LogP contribution >= 0.6 is 11.8 Å². The third-order valence-corrected chi connectivity index (χ3v) is 6.58. The summed E-state index contributed by atoms with van der Waals surface area (Å²) in [6, 6.07) is 14.6. The van der Waals surface area contributed by atoms with Crippen molar-refractivity contribution in [2.45, 2.75) is 49.0 Å². The van der Waals surface area contributed by atoms with Gasteiger partial charge in [-0.2, -0.15) is 5.26 Å². The zero-order chi connectivity index (χ0) is 18.7. The number of carbonyl (C=O) groups excluding carboxylic acids is 1. The maximum Gasteiger partial charge on any atom is 0.230 e. The van der Waals surface area contributed by atoms with Crippen LogP contribution in [0.25, 0.3) is 0 Å². The van der Waals surface area contributed by atoms with Crippen molar-refractivity contribution in [1.82, 2.24) is 10.3 Å². The van der Waals surface area contributed by atoms with Crippen LogP contribution in [0.5, 0.6) is 0 Å². The molecule has 0 saturated heterocycles. The van der Waals surface area contributed by atoms with Gasteiger partial charge in [-0.3, -0.25) is 4.79 Å². The largest absolute Gasteiger partial charge is 0.354 e. The quantitative estimate of drug-likeness (QED) is 0.778. The number of carbonyl (C=O) groups is 1. The highest BCUT2D eigenvalue weighted by molar-refractivity contribution is 8.00. The number of aryl methyl sites for hydroxylation is 2. The summed E-state index contributed by atoms with van der Waals surface area (Å²) in [6.07, 6.45) is 6.53. The highest BCUT2D eigenvalue weighted by Crippen LogP contribution is 2.47. The minimum absolute atomic E-state index is 0.00520. The molecule has 1 N–H and O–H groups in total. The molecule has 0 bridgehead atoms. The maximum atomic E-state index is 12.4. The highest BCUT2D eigenvalue weighted by atomic mass is 32.2. The number of nitrogens with zero attached hydrogens (tertiary/aromatic N) is 2. The first-order valence-electron chi connectivity index (χ1n) is 9.58. The summed E-state index contributed by atoms with van der Waals surface area (Å²) >= 11 is 1.37. The number of thioether (sulfide) groups is 1. The van der Waals surface area contributed by atoms with E-state index in [4.69, 9.17) is 0 Å². The van der Waals surface area contributed by atoms with Crippen LogP contribution in [0.3, 0.4) is 0 Å². The van der Waals surface area contributed by atoms with Crippen molar-refractivity contribution in [3.63, 3.8) is 0 Å².